The SMILES string of the molecule is Cc1cc2c(cc1N)CC(CCCCCC(=O)N1CCC[C@H]1C(=O)C1CCN[C@@H]1C(O)=S)C2. The normalized spacial score (nSPS) is 26.5. The number of aryl methyl sites for hydroxylation is 1. The predicted octanol–water partition coefficient (Wildman–Crippen LogP) is 3.67. The molecule has 2 unspecified atom stereocenters. The zero-order chi connectivity index (χ0) is 23.5. The van der Waals surface area contributed by atoms with Crippen molar-refractivity contribution < 1.29 is 14.7 Å². The standard InChI is InChI=1S/C26H37N3O3S/c1-16-12-18-13-17(14-19(18)15-21(16)27)6-3-2-4-8-23(30)29-11-5-7-22(29)25(31)20-9-10-28-24(20)26(32)33/h12,15,17,20,22,24,28H,2-11,13-14,27H2,1H3,(H,32,33)/t17?,20?,22-,24-/m0/s1. The Morgan fingerprint density at radius 2 is 1.94 bits per heavy atom. The molecule has 33 heavy (non-hydrogen) atoms. The maximum absolute atomic E-state index is 13.1. The second kappa shape index (κ2) is 10.5. The van der Waals surface area contributed by atoms with E-state index in [1.54, 1.807) is 4.90 Å². The van der Waals surface area contributed by atoms with Gasteiger partial charge in [0.1, 0.15) is 0 Å². The first-order chi connectivity index (χ1) is 15.8. The summed E-state index contributed by atoms with van der Waals surface area (Å²) in [6.07, 6.45) is 9.24. The molecule has 6 nitrogen and oxygen atoms in total. The number of amides is 1. The summed E-state index contributed by atoms with van der Waals surface area (Å²) in [7, 11) is 0. The molecule has 0 aromatic heterocycles. The van der Waals surface area contributed by atoms with Crippen LogP contribution in [-0.2, 0) is 22.4 Å². The van der Waals surface area contributed by atoms with Crippen molar-refractivity contribution in [2.45, 2.75) is 83.2 Å². The highest BCUT2D eigenvalue weighted by atomic mass is 32.1. The van der Waals surface area contributed by atoms with Gasteiger partial charge in [0.25, 0.3) is 0 Å². The third-order valence-corrected chi connectivity index (χ3v) is 8.12. The number of unbranched alkanes of at least 4 members (excludes halogenated alkanes) is 2. The predicted molar refractivity (Wildman–Crippen MR) is 134 cm³/mol. The number of aliphatic hydroxyl groups is 1. The minimum Gasteiger partial charge on any atom is -0.501 e. The molecule has 0 radical (unpaired) electrons. The molecular formula is C26H37N3O3S. The maximum atomic E-state index is 13.1. The van der Waals surface area contributed by atoms with E-state index in [1.165, 1.54) is 23.1 Å². The summed E-state index contributed by atoms with van der Waals surface area (Å²) in [6, 6.07) is 3.59. The van der Waals surface area contributed by atoms with Crippen molar-refractivity contribution in [2.24, 2.45) is 11.8 Å². The molecule has 2 heterocycles. The lowest BCUT2D eigenvalue weighted by molar-refractivity contribution is -0.139. The summed E-state index contributed by atoms with van der Waals surface area (Å²) >= 11 is 4.92. The summed E-state index contributed by atoms with van der Waals surface area (Å²) < 4.78 is 0. The number of Topliss-reactive ketones (excluding diaryl/α,β-unsaturated/α-hetero) is 1. The number of nitrogens with one attached hydrogen (secondary N) is 1. The number of rotatable bonds is 9. The number of hydrogen-bond acceptors (Lipinski definition) is 5. The van der Waals surface area contributed by atoms with Gasteiger partial charge in [-0.1, -0.05) is 18.9 Å². The Balaban J connectivity index is 1.19. The summed E-state index contributed by atoms with van der Waals surface area (Å²) in [6.45, 7) is 3.40. The van der Waals surface area contributed by atoms with Gasteiger partial charge in [0, 0.05) is 24.6 Å². The third kappa shape index (κ3) is 5.40. The van der Waals surface area contributed by atoms with Crippen molar-refractivity contribution in [1.82, 2.24) is 10.2 Å². The molecular weight excluding hydrogens is 434 g/mol. The molecule has 2 aliphatic heterocycles. The molecule has 1 aliphatic carbocycles. The van der Waals surface area contributed by atoms with Crippen LogP contribution in [0.3, 0.4) is 0 Å². The van der Waals surface area contributed by atoms with Crippen LogP contribution in [0.25, 0.3) is 0 Å². The highest BCUT2D eigenvalue weighted by Gasteiger charge is 2.42. The number of fused-ring (bicyclic) bond motifs is 1. The van der Waals surface area contributed by atoms with Gasteiger partial charge in [-0.15, -0.1) is 0 Å². The number of likely N-dealkylation sites (tertiary alicyclic amines) is 1. The quantitative estimate of drug-likeness (QED) is 0.289. The molecule has 7 heteroatoms. The Morgan fingerprint density at radius 1 is 1.18 bits per heavy atom. The van der Waals surface area contributed by atoms with Gasteiger partial charge in [-0.05, 0) is 99.3 Å². The Bertz CT molecular complexity index is 887. The van der Waals surface area contributed by atoms with Gasteiger partial charge in [0.2, 0.25) is 5.91 Å². The van der Waals surface area contributed by atoms with E-state index in [-0.39, 0.29) is 28.7 Å². The molecule has 4 rings (SSSR count). The Morgan fingerprint density at radius 3 is 2.70 bits per heavy atom. The van der Waals surface area contributed by atoms with E-state index in [0.717, 1.165) is 50.6 Å². The maximum Gasteiger partial charge on any atom is 0.223 e. The van der Waals surface area contributed by atoms with Crippen molar-refractivity contribution >= 4 is 34.6 Å². The fourth-order valence-corrected chi connectivity index (χ4v) is 6.26. The second-order valence-electron chi connectivity index (χ2n) is 10.2. The Kier molecular flexibility index (Phi) is 7.69. The number of anilines is 1. The first-order valence-corrected chi connectivity index (χ1v) is 12.9. The van der Waals surface area contributed by atoms with Crippen LogP contribution in [0.1, 0.15) is 68.1 Å². The van der Waals surface area contributed by atoms with Gasteiger partial charge >= 0.3 is 0 Å². The first kappa shape index (κ1) is 24.1. The number of carbonyl (C=O) groups excluding carboxylic acids is 2. The zero-order valence-corrected chi connectivity index (χ0v) is 20.5. The number of hydrogen-bond donors (Lipinski definition) is 3. The Labute approximate surface area is 202 Å². The number of aliphatic hydroxyl groups excluding tert-OH is 1. The van der Waals surface area contributed by atoms with Gasteiger partial charge < -0.3 is 21.1 Å². The van der Waals surface area contributed by atoms with E-state index in [2.05, 4.69) is 24.4 Å². The van der Waals surface area contributed by atoms with Gasteiger partial charge in [-0.3, -0.25) is 9.59 Å². The molecule has 2 saturated heterocycles. The summed E-state index contributed by atoms with van der Waals surface area (Å²) in [5.74, 6) is 0.515. The summed E-state index contributed by atoms with van der Waals surface area (Å²) in [4.78, 5) is 27.8. The fourth-order valence-electron chi connectivity index (χ4n) is 6.02. The van der Waals surface area contributed by atoms with E-state index in [4.69, 9.17) is 18.0 Å². The van der Waals surface area contributed by atoms with Gasteiger partial charge in [0.05, 0.1) is 12.1 Å². The number of nitrogens with zero attached hydrogens (tertiary/aromatic N) is 1. The van der Waals surface area contributed by atoms with Crippen LogP contribution in [0, 0.1) is 18.8 Å². The largest absolute Gasteiger partial charge is 0.501 e. The number of nitrogens with two attached hydrogens (primary N) is 1. The molecule has 0 saturated carbocycles. The number of carbonyl (C=O) groups is 2. The first-order valence-electron chi connectivity index (χ1n) is 12.5. The number of ketones is 1. The minimum atomic E-state index is -0.452. The fraction of sp³-hybridized carbons (Fsp3) is 0.654. The topological polar surface area (TPSA) is 95.7 Å². The average molecular weight is 472 g/mol. The van der Waals surface area contributed by atoms with E-state index >= 15 is 0 Å². The highest BCUT2D eigenvalue weighted by Crippen LogP contribution is 2.33. The van der Waals surface area contributed by atoms with Gasteiger partial charge in [0.15, 0.2) is 10.8 Å². The molecule has 4 atom stereocenters. The molecule has 1 aromatic carbocycles. The van der Waals surface area contributed by atoms with E-state index < -0.39 is 6.04 Å². The molecule has 3 aliphatic rings. The molecule has 0 bridgehead atoms. The van der Waals surface area contributed by atoms with Crippen molar-refractivity contribution in [3.05, 3.63) is 28.8 Å². The number of thiocarbonyl (C=S) groups is 1. The molecule has 4 N–H and O–H groups in total. The molecule has 1 aromatic rings. The van der Waals surface area contributed by atoms with E-state index in [1.807, 2.05) is 0 Å². The monoisotopic (exact) mass is 471 g/mol. The minimum absolute atomic E-state index is 0.0592. The average Bonchev–Trinajstić information content (AvgIpc) is 3.52. The number of nitrogen functional groups attached to an aromatic ring is 1. The molecule has 2 fully saturated rings. The van der Waals surface area contributed by atoms with Crippen molar-refractivity contribution in [3.63, 3.8) is 0 Å². The molecule has 0 spiro atoms. The van der Waals surface area contributed by atoms with E-state index in [0.29, 0.717) is 31.8 Å². The van der Waals surface area contributed by atoms with Crippen LogP contribution in [0.2, 0.25) is 0 Å². The van der Waals surface area contributed by atoms with Crippen molar-refractivity contribution in [1.29, 1.82) is 0 Å². The van der Waals surface area contributed by atoms with E-state index in [9.17, 15) is 14.7 Å². The van der Waals surface area contributed by atoms with Crippen LogP contribution in [0.15, 0.2) is 12.1 Å². The summed E-state index contributed by atoms with van der Waals surface area (Å²) in [5.41, 5.74) is 11.0. The van der Waals surface area contributed by atoms with Crippen molar-refractivity contribution in [3.8, 4) is 0 Å². The Hall–Kier alpha value is -1.99. The second-order valence-corrected chi connectivity index (χ2v) is 10.6. The van der Waals surface area contributed by atoms with Crippen LogP contribution in [-0.4, -0.2) is 51.9 Å². The number of benzene rings is 1. The lowest BCUT2D eigenvalue weighted by atomic mass is 9.90. The smallest absolute Gasteiger partial charge is 0.223 e. The van der Waals surface area contributed by atoms with Crippen LogP contribution in [0.5, 0.6) is 0 Å². The summed E-state index contributed by atoms with van der Waals surface area (Å²) in [5, 5.41) is 12.7. The molecule has 180 valence electrons. The lowest BCUT2D eigenvalue weighted by Gasteiger charge is -2.27. The van der Waals surface area contributed by atoms with Crippen LogP contribution >= 0.6 is 12.2 Å². The van der Waals surface area contributed by atoms with Crippen LogP contribution in [0.4, 0.5) is 5.69 Å². The van der Waals surface area contributed by atoms with Crippen LogP contribution < -0.4 is 11.1 Å². The lowest BCUT2D eigenvalue weighted by Crippen LogP contribution is -2.47. The van der Waals surface area contributed by atoms with Crippen molar-refractivity contribution in [2.75, 3.05) is 18.8 Å². The highest BCUT2D eigenvalue weighted by molar-refractivity contribution is 7.80. The molecule has 1 amide bonds. The van der Waals surface area contributed by atoms with Gasteiger partial charge in [-0.2, -0.15) is 0 Å². The van der Waals surface area contributed by atoms with Gasteiger partial charge in [-0.25, -0.2) is 0 Å². The zero-order valence-electron chi connectivity index (χ0n) is 19.6. The third-order valence-electron chi connectivity index (χ3n) is 7.86.